The van der Waals surface area contributed by atoms with E-state index in [1.807, 2.05) is 53.2 Å². The molecule has 3 aromatic rings. The van der Waals surface area contributed by atoms with Crippen molar-refractivity contribution in [1.29, 1.82) is 0 Å². The second-order valence-electron chi connectivity index (χ2n) is 4.97. The summed E-state index contributed by atoms with van der Waals surface area (Å²) in [7, 11) is 0. The molecule has 0 radical (unpaired) electrons. The lowest BCUT2D eigenvalue weighted by Crippen LogP contribution is -2.03. The topological polar surface area (TPSA) is 43.8 Å². The fraction of sp³-hybridized carbons (Fsp3) is 0.118. The standard InChI is InChI=1S/C17H16ClN3/c18-16-9-5-4-8-14(16)11-21-12-15(20-17(21)19)10-13-6-2-1-3-7-13/h1-9,12H,10-11H2,(H2,19,20). The molecule has 0 spiro atoms. The van der Waals surface area contributed by atoms with Crippen molar-refractivity contribution in [1.82, 2.24) is 9.55 Å². The van der Waals surface area contributed by atoms with E-state index in [9.17, 15) is 0 Å². The van der Waals surface area contributed by atoms with Crippen LogP contribution in [-0.2, 0) is 13.0 Å². The molecule has 0 amide bonds. The van der Waals surface area contributed by atoms with Crippen molar-refractivity contribution >= 4 is 17.5 Å². The molecule has 0 aliphatic rings. The minimum absolute atomic E-state index is 0.515. The highest BCUT2D eigenvalue weighted by atomic mass is 35.5. The Labute approximate surface area is 129 Å². The van der Waals surface area contributed by atoms with Gasteiger partial charge in [-0.25, -0.2) is 4.98 Å². The molecule has 2 aromatic carbocycles. The van der Waals surface area contributed by atoms with Gasteiger partial charge in [-0.2, -0.15) is 0 Å². The first-order chi connectivity index (χ1) is 10.2. The molecule has 21 heavy (non-hydrogen) atoms. The van der Waals surface area contributed by atoms with Gasteiger partial charge >= 0.3 is 0 Å². The van der Waals surface area contributed by atoms with Crippen molar-refractivity contribution in [2.75, 3.05) is 5.73 Å². The van der Waals surface area contributed by atoms with Crippen LogP contribution in [0.4, 0.5) is 5.95 Å². The summed E-state index contributed by atoms with van der Waals surface area (Å²) in [5.41, 5.74) is 9.22. The smallest absolute Gasteiger partial charge is 0.200 e. The fourth-order valence-corrected chi connectivity index (χ4v) is 2.51. The SMILES string of the molecule is Nc1nc(Cc2ccccc2)cn1Cc1ccccc1Cl. The van der Waals surface area contributed by atoms with Crippen molar-refractivity contribution in [2.24, 2.45) is 0 Å². The van der Waals surface area contributed by atoms with Crippen molar-refractivity contribution in [3.63, 3.8) is 0 Å². The van der Waals surface area contributed by atoms with Crippen LogP contribution >= 0.6 is 11.6 Å². The Kier molecular flexibility index (Phi) is 3.93. The monoisotopic (exact) mass is 297 g/mol. The van der Waals surface area contributed by atoms with E-state index >= 15 is 0 Å². The maximum Gasteiger partial charge on any atom is 0.200 e. The summed E-state index contributed by atoms with van der Waals surface area (Å²) in [6, 6.07) is 18.0. The number of rotatable bonds is 4. The average Bonchev–Trinajstić information content (AvgIpc) is 2.82. The molecule has 106 valence electrons. The third kappa shape index (κ3) is 3.26. The van der Waals surface area contributed by atoms with E-state index in [0.717, 1.165) is 22.7 Å². The molecule has 3 rings (SSSR count). The summed E-state index contributed by atoms with van der Waals surface area (Å²) < 4.78 is 1.93. The van der Waals surface area contributed by atoms with Crippen LogP contribution in [0.3, 0.4) is 0 Å². The van der Waals surface area contributed by atoms with E-state index < -0.39 is 0 Å². The molecule has 2 N–H and O–H groups in total. The molecule has 0 saturated carbocycles. The number of anilines is 1. The first-order valence-corrected chi connectivity index (χ1v) is 7.19. The summed E-state index contributed by atoms with van der Waals surface area (Å²) in [6.45, 7) is 0.632. The van der Waals surface area contributed by atoms with Crippen LogP contribution in [0.5, 0.6) is 0 Å². The van der Waals surface area contributed by atoms with E-state index in [-0.39, 0.29) is 0 Å². The third-order valence-corrected chi connectivity index (χ3v) is 3.75. The van der Waals surface area contributed by atoms with Gasteiger partial charge in [0.05, 0.1) is 12.2 Å². The van der Waals surface area contributed by atoms with E-state index in [1.54, 1.807) is 0 Å². The highest BCUT2D eigenvalue weighted by Crippen LogP contribution is 2.18. The second kappa shape index (κ2) is 6.02. The van der Waals surface area contributed by atoms with Crippen molar-refractivity contribution in [2.45, 2.75) is 13.0 Å². The highest BCUT2D eigenvalue weighted by Gasteiger charge is 2.08. The Morgan fingerprint density at radius 1 is 1.00 bits per heavy atom. The van der Waals surface area contributed by atoms with Crippen LogP contribution in [0.15, 0.2) is 60.8 Å². The number of nitrogens with zero attached hydrogens (tertiary/aromatic N) is 2. The van der Waals surface area contributed by atoms with E-state index in [1.165, 1.54) is 5.56 Å². The number of halogens is 1. The first-order valence-electron chi connectivity index (χ1n) is 6.81. The Morgan fingerprint density at radius 2 is 1.71 bits per heavy atom. The molecule has 0 fully saturated rings. The van der Waals surface area contributed by atoms with Gasteiger partial charge in [-0.15, -0.1) is 0 Å². The lowest BCUT2D eigenvalue weighted by atomic mass is 10.1. The third-order valence-electron chi connectivity index (χ3n) is 3.38. The van der Waals surface area contributed by atoms with Crippen molar-refractivity contribution < 1.29 is 0 Å². The maximum absolute atomic E-state index is 6.19. The largest absolute Gasteiger partial charge is 0.369 e. The van der Waals surface area contributed by atoms with Crippen LogP contribution in [0.2, 0.25) is 5.02 Å². The lowest BCUT2D eigenvalue weighted by molar-refractivity contribution is 0.810. The van der Waals surface area contributed by atoms with Crippen molar-refractivity contribution in [3.8, 4) is 0 Å². The molecule has 0 atom stereocenters. The summed E-state index contributed by atoms with van der Waals surface area (Å²) in [6.07, 6.45) is 2.77. The van der Waals surface area contributed by atoms with Gasteiger partial charge in [-0.05, 0) is 17.2 Å². The van der Waals surface area contributed by atoms with Crippen molar-refractivity contribution in [3.05, 3.63) is 82.6 Å². The zero-order valence-corrected chi connectivity index (χ0v) is 12.3. The summed E-state index contributed by atoms with van der Waals surface area (Å²) in [5, 5.41) is 0.746. The van der Waals surface area contributed by atoms with Crippen LogP contribution in [0.25, 0.3) is 0 Å². The van der Waals surface area contributed by atoms with E-state index in [0.29, 0.717) is 12.5 Å². The number of benzene rings is 2. The second-order valence-corrected chi connectivity index (χ2v) is 5.38. The van der Waals surface area contributed by atoms with Gasteiger partial charge in [0.15, 0.2) is 0 Å². The fourth-order valence-electron chi connectivity index (χ4n) is 2.31. The Bertz CT molecular complexity index is 735. The van der Waals surface area contributed by atoms with Crippen LogP contribution in [-0.4, -0.2) is 9.55 Å². The molecule has 0 unspecified atom stereocenters. The van der Waals surface area contributed by atoms with Gasteiger partial charge < -0.3 is 10.3 Å². The Morgan fingerprint density at radius 3 is 2.48 bits per heavy atom. The van der Waals surface area contributed by atoms with E-state index in [2.05, 4.69) is 17.1 Å². The molecule has 1 heterocycles. The van der Waals surface area contributed by atoms with Crippen LogP contribution < -0.4 is 5.73 Å². The number of hydrogen-bond acceptors (Lipinski definition) is 2. The minimum atomic E-state index is 0.515. The zero-order chi connectivity index (χ0) is 14.7. The predicted octanol–water partition coefficient (Wildman–Crippen LogP) is 3.76. The van der Waals surface area contributed by atoms with Gasteiger partial charge in [0.1, 0.15) is 0 Å². The van der Waals surface area contributed by atoms with Gasteiger partial charge in [0, 0.05) is 17.6 Å². The van der Waals surface area contributed by atoms with Crippen LogP contribution in [0, 0.1) is 0 Å². The maximum atomic E-state index is 6.19. The molecule has 0 aliphatic carbocycles. The molecule has 1 aromatic heterocycles. The highest BCUT2D eigenvalue weighted by molar-refractivity contribution is 6.31. The Balaban J connectivity index is 1.80. The molecule has 3 nitrogen and oxygen atoms in total. The molecule has 0 saturated heterocycles. The lowest BCUT2D eigenvalue weighted by Gasteiger charge is -2.06. The molecular formula is C17H16ClN3. The summed E-state index contributed by atoms with van der Waals surface area (Å²) in [4.78, 5) is 4.43. The average molecular weight is 298 g/mol. The van der Waals surface area contributed by atoms with Gasteiger partial charge in [0.25, 0.3) is 0 Å². The predicted molar refractivity (Wildman–Crippen MR) is 86.4 cm³/mol. The normalized spacial score (nSPS) is 10.7. The number of nitrogen functional groups attached to an aromatic ring is 1. The number of aromatic nitrogens is 2. The molecule has 0 bridgehead atoms. The first kappa shape index (κ1) is 13.7. The summed E-state index contributed by atoms with van der Waals surface area (Å²) in [5.74, 6) is 0.515. The summed E-state index contributed by atoms with van der Waals surface area (Å²) >= 11 is 6.19. The van der Waals surface area contributed by atoms with Gasteiger partial charge in [-0.1, -0.05) is 60.1 Å². The molecular weight excluding hydrogens is 282 g/mol. The van der Waals surface area contributed by atoms with E-state index in [4.69, 9.17) is 17.3 Å². The van der Waals surface area contributed by atoms with Gasteiger partial charge in [0.2, 0.25) is 5.95 Å². The number of hydrogen-bond donors (Lipinski definition) is 1. The zero-order valence-electron chi connectivity index (χ0n) is 11.5. The number of nitrogens with two attached hydrogens (primary N) is 1. The van der Waals surface area contributed by atoms with Crippen LogP contribution in [0.1, 0.15) is 16.8 Å². The Hall–Kier alpha value is -2.26. The minimum Gasteiger partial charge on any atom is -0.369 e. The number of imidazole rings is 1. The molecule has 4 heteroatoms. The van der Waals surface area contributed by atoms with Gasteiger partial charge in [-0.3, -0.25) is 0 Å². The quantitative estimate of drug-likeness (QED) is 0.797. The molecule has 0 aliphatic heterocycles.